The van der Waals surface area contributed by atoms with Crippen LogP contribution in [0.2, 0.25) is 0 Å². The fourth-order valence-corrected chi connectivity index (χ4v) is 3.30. The lowest BCUT2D eigenvalue weighted by Crippen LogP contribution is -2.27. The highest BCUT2D eigenvalue weighted by atomic mass is 32.2. The van der Waals surface area contributed by atoms with E-state index >= 15 is 0 Å². The van der Waals surface area contributed by atoms with Crippen LogP contribution >= 0.6 is 0 Å². The summed E-state index contributed by atoms with van der Waals surface area (Å²) in [6.07, 6.45) is 0. The predicted molar refractivity (Wildman–Crippen MR) is 84.9 cm³/mol. The lowest BCUT2D eigenvalue weighted by molar-refractivity contribution is 0.354. The first-order chi connectivity index (χ1) is 11.5. The molecule has 6 nitrogen and oxygen atoms in total. The molecule has 1 heterocycles. The highest BCUT2D eigenvalue weighted by molar-refractivity contribution is 7.89. The van der Waals surface area contributed by atoms with Crippen molar-refractivity contribution >= 4 is 10.0 Å². The molecule has 0 amide bonds. The fourth-order valence-electron chi connectivity index (χ4n) is 2.08. The average molecular weight is 347 g/mol. The molecule has 0 saturated carbocycles. The molecule has 0 fully saturated rings. The predicted octanol–water partition coefficient (Wildman–Crippen LogP) is 2.92. The first-order valence-corrected chi connectivity index (χ1v) is 8.61. The van der Waals surface area contributed by atoms with Crippen molar-refractivity contribution in [3.05, 3.63) is 66.3 Å². The van der Waals surface area contributed by atoms with Gasteiger partial charge in [0.15, 0.2) is 0 Å². The molecule has 1 aromatic heterocycles. The first kappa shape index (κ1) is 16.3. The first-order valence-electron chi connectivity index (χ1n) is 7.12. The zero-order valence-electron chi connectivity index (χ0n) is 12.7. The summed E-state index contributed by atoms with van der Waals surface area (Å²) in [6, 6.07) is 12.9. The number of nitrogens with one attached hydrogen (secondary N) is 1. The number of rotatable bonds is 5. The second kappa shape index (κ2) is 6.50. The summed E-state index contributed by atoms with van der Waals surface area (Å²) < 4.78 is 45.1. The summed E-state index contributed by atoms with van der Waals surface area (Å²) in [7, 11) is -3.70. The molecule has 124 valence electrons. The van der Waals surface area contributed by atoms with Gasteiger partial charge in [-0.15, -0.1) is 0 Å². The van der Waals surface area contributed by atoms with Gasteiger partial charge in [-0.3, -0.25) is 0 Å². The topological polar surface area (TPSA) is 85.1 Å². The van der Waals surface area contributed by atoms with Crippen LogP contribution in [0.25, 0.3) is 11.4 Å². The Morgan fingerprint density at radius 1 is 1.08 bits per heavy atom. The van der Waals surface area contributed by atoms with E-state index in [1.165, 1.54) is 36.4 Å². The van der Waals surface area contributed by atoms with Crippen LogP contribution in [0.5, 0.6) is 0 Å². The van der Waals surface area contributed by atoms with E-state index in [4.69, 9.17) is 4.52 Å². The van der Waals surface area contributed by atoms with Crippen molar-refractivity contribution in [3.63, 3.8) is 0 Å². The van der Waals surface area contributed by atoms with Crippen LogP contribution in [0, 0.1) is 5.82 Å². The maximum absolute atomic E-state index is 12.9. The van der Waals surface area contributed by atoms with E-state index < -0.39 is 16.1 Å². The summed E-state index contributed by atoms with van der Waals surface area (Å²) >= 11 is 0. The van der Waals surface area contributed by atoms with Gasteiger partial charge >= 0.3 is 0 Å². The molecular formula is C16H14FN3O3S. The molecule has 0 unspecified atom stereocenters. The Balaban J connectivity index is 1.79. The van der Waals surface area contributed by atoms with Crippen LogP contribution in [-0.4, -0.2) is 18.6 Å². The van der Waals surface area contributed by atoms with Gasteiger partial charge in [0.05, 0.1) is 10.9 Å². The standard InChI is InChI=1S/C16H14FN3O3S/c1-11(20-24(21,22)14-5-3-2-4-6-14)16-18-15(19-23-16)12-7-9-13(17)10-8-12/h2-11,20H,1H3/t11-/m0/s1. The number of hydrogen-bond donors (Lipinski definition) is 1. The van der Waals surface area contributed by atoms with Crippen LogP contribution in [0.4, 0.5) is 4.39 Å². The third kappa shape index (κ3) is 3.50. The molecule has 0 radical (unpaired) electrons. The number of nitrogens with zero attached hydrogens (tertiary/aromatic N) is 2. The van der Waals surface area contributed by atoms with Crippen molar-refractivity contribution in [2.45, 2.75) is 17.9 Å². The van der Waals surface area contributed by atoms with Crippen molar-refractivity contribution in [3.8, 4) is 11.4 Å². The Labute approximate surface area is 138 Å². The highest BCUT2D eigenvalue weighted by Crippen LogP contribution is 2.20. The minimum atomic E-state index is -3.70. The quantitative estimate of drug-likeness (QED) is 0.767. The van der Waals surface area contributed by atoms with Gasteiger partial charge in [0.2, 0.25) is 21.7 Å². The molecule has 0 aliphatic carbocycles. The van der Waals surface area contributed by atoms with E-state index in [1.54, 1.807) is 25.1 Å². The van der Waals surface area contributed by atoms with Crippen LogP contribution in [0.1, 0.15) is 18.9 Å². The number of hydrogen-bond acceptors (Lipinski definition) is 5. The SMILES string of the molecule is C[C@H](NS(=O)(=O)c1ccccc1)c1nc(-c2ccc(F)cc2)no1. The summed E-state index contributed by atoms with van der Waals surface area (Å²) in [4.78, 5) is 4.31. The smallest absolute Gasteiger partial charge is 0.244 e. The van der Waals surface area contributed by atoms with E-state index in [0.717, 1.165) is 0 Å². The molecule has 1 atom stereocenters. The highest BCUT2D eigenvalue weighted by Gasteiger charge is 2.22. The molecule has 0 saturated heterocycles. The molecular weight excluding hydrogens is 333 g/mol. The second-order valence-corrected chi connectivity index (χ2v) is 6.83. The molecule has 8 heteroatoms. The lowest BCUT2D eigenvalue weighted by Gasteiger charge is -2.10. The number of halogens is 1. The molecule has 0 spiro atoms. The zero-order valence-corrected chi connectivity index (χ0v) is 13.5. The van der Waals surface area contributed by atoms with Gasteiger partial charge in [0.25, 0.3) is 0 Å². The zero-order chi connectivity index (χ0) is 17.2. The van der Waals surface area contributed by atoms with Crippen LogP contribution in [-0.2, 0) is 10.0 Å². The Hall–Kier alpha value is -2.58. The molecule has 3 aromatic rings. The van der Waals surface area contributed by atoms with Crippen molar-refractivity contribution in [2.75, 3.05) is 0 Å². The van der Waals surface area contributed by atoms with Gasteiger partial charge in [-0.25, -0.2) is 12.8 Å². The van der Waals surface area contributed by atoms with Gasteiger partial charge in [-0.2, -0.15) is 9.71 Å². The van der Waals surface area contributed by atoms with Gasteiger partial charge in [0, 0.05) is 5.56 Å². The minimum absolute atomic E-state index is 0.119. The third-order valence-corrected chi connectivity index (χ3v) is 4.86. The Morgan fingerprint density at radius 2 is 1.75 bits per heavy atom. The van der Waals surface area contributed by atoms with Gasteiger partial charge in [-0.05, 0) is 43.3 Å². The molecule has 3 rings (SSSR count). The second-order valence-electron chi connectivity index (χ2n) is 5.12. The van der Waals surface area contributed by atoms with Crippen molar-refractivity contribution in [2.24, 2.45) is 0 Å². The summed E-state index contributed by atoms with van der Waals surface area (Å²) in [5.74, 6) is 0.0102. The Morgan fingerprint density at radius 3 is 2.42 bits per heavy atom. The molecule has 1 N–H and O–H groups in total. The maximum atomic E-state index is 12.9. The lowest BCUT2D eigenvalue weighted by atomic mass is 10.2. The van der Waals surface area contributed by atoms with E-state index in [-0.39, 0.29) is 22.4 Å². The number of benzene rings is 2. The largest absolute Gasteiger partial charge is 0.337 e. The average Bonchev–Trinajstić information content (AvgIpc) is 3.06. The third-order valence-electron chi connectivity index (χ3n) is 3.30. The number of aromatic nitrogens is 2. The summed E-state index contributed by atoms with van der Waals surface area (Å²) in [5, 5.41) is 3.80. The maximum Gasteiger partial charge on any atom is 0.244 e. The number of sulfonamides is 1. The van der Waals surface area contributed by atoms with Crippen LogP contribution in [0.15, 0.2) is 64.0 Å². The molecule has 0 aliphatic heterocycles. The normalized spacial score (nSPS) is 12.9. The fraction of sp³-hybridized carbons (Fsp3) is 0.125. The molecule has 0 aliphatic rings. The van der Waals surface area contributed by atoms with E-state index in [1.807, 2.05) is 0 Å². The molecule has 2 aromatic carbocycles. The van der Waals surface area contributed by atoms with Crippen LogP contribution < -0.4 is 4.72 Å². The summed E-state index contributed by atoms with van der Waals surface area (Å²) in [6.45, 7) is 1.60. The van der Waals surface area contributed by atoms with Crippen molar-refractivity contribution in [1.29, 1.82) is 0 Å². The van der Waals surface area contributed by atoms with Crippen molar-refractivity contribution in [1.82, 2.24) is 14.9 Å². The van der Waals surface area contributed by atoms with E-state index in [9.17, 15) is 12.8 Å². The Kier molecular flexibility index (Phi) is 4.41. The van der Waals surface area contributed by atoms with Crippen molar-refractivity contribution < 1.29 is 17.3 Å². The van der Waals surface area contributed by atoms with Crippen LogP contribution in [0.3, 0.4) is 0 Å². The van der Waals surface area contributed by atoms with E-state index in [0.29, 0.717) is 5.56 Å². The Bertz CT molecular complexity index is 925. The minimum Gasteiger partial charge on any atom is -0.337 e. The van der Waals surface area contributed by atoms with Gasteiger partial charge in [-0.1, -0.05) is 23.4 Å². The van der Waals surface area contributed by atoms with Gasteiger partial charge in [0.1, 0.15) is 5.82 Å². The monoisotopic (exact) mass is 347 g/mol. The summed E-state index contributed by atoms with van der Waals surface area (Å²) in [5.41, 5.74) is 0.574. The molecule has 24 heavy (non-hydrogen) atoms. The van der Waals surface area contributed by atoms with E-state index in [2.05, 4.69) is 14.9 Å². The molecule has 0 bridgehead atoms. The van der Waals surface area contributed by atoms with Gasteiger partial charge < -0.3 is 4.52 Å².